The van der Waals surface area contributed by atoms with Crippen LogP contribution in [0.4, 0.5) is 0 Å². The van der Waals surface area contributed by atoms with Gasteiger partial charge in [-0.15, -0.1) is 0 Å². The van der Waals surface area contributed by atoms with Gasteiger partial charge in [0.1, 0.15) is 13.7 Å². The van der Waals surface area contributed by atoms with Crippen molar-refractivity contribution in [2.75, 3.05) is 14.2 Å². The third-order valence-electron chi connectivity index (χ3n) is 4.14. The highest BCUT2D eigenvalue weighted by molar-refractivity contribution is 6.45. The van der Waals surface area contributed by atoms with Crippen LogP contribution in [0.2, 0.25) is 0 Å². The minimum absolute atomic E-state index is 0.133. The number of hydrogen-bond donors (Lipinski definition) is 1. The summed E-state index contributed by atoms with van der Waals surface area (Å²) in [5.74, 6) is -0.365. The minimum Gasteiger partial charge on any atom is -0.398 e. The molecule has 0 saturated heterocycles. The number of nitrogens with zero attached hydrogens (tertiary/aromatic N) is 3. The van der Waals surface area contributed by atoms with Gasteiger partial charge in [0, 0.05) is 23.7 Å². The second-order valence-electron chi connectivity index (χ2n) is 5.91. The number of oxime groups is 2. The van der Waals surface area contributed by atoms with Crippen LogP contribution in [0.1, 0.15) is 34.7 Å². The normalized spacial score (nSPS) is 11.5. The number of nitriles is 1. The number of aryl methyl sites for hydroxylation is 1. The summed E-state index contributed by atoms with van der Waals surface area (Å²) in [4.78, 5) is 22.6. The van der Waals surface area contributed by atoms with Crippen LogP contribution in [0, 0.1) is 18.3 Å². The van der Waals surface area contributed by atoms with Gasteiger partial charge in [0.05, 0.1) is 17.3 Å². The van der Waals surface area contributed by atoms with Crippen LogP contribution in [-0.4, -0.2) is 31.5 Å². The third-order valence-corrected chi connectivity index (χ3v) is 4.14. The van der Waals surface area contributed by atoms with E-state index in [0.29, 0.717) is 22.4 Å². The molecule has 0 spiro atoms. The second kappa shape index (κ2) is 9.88. The predicted octanol–water partition coefficient (Wildman–Crippen LogP) is 2.90. The molecule has 2 aromatic rings. The van der Waals surface area contributed by atoms with Crippen molar-refractivity contribution in [3.05, 3.63) is 70.3 Å². The van der Waals surface area contributed by atoms with Crippen molar-refractivity contribution < 1.29 is 14.5 Å². The highest BCUT2D eigenvalue weighted by Gasteiger charge is 2.19. The van der Waals surface area contributed by atoms with E-state index < -0.39 is 0 Å². The fourth-order valence-corrected chi connectivity index (χ4v) is 2.68. The number of carbonyl (C=O) groups excluding carboxylic acids is 1. The molecule has 7 nitrogen and oxygen atoms in total. The summed E-state index contributed by atoms with van der Waals surface area (Å²) in [5.41, 5.74) is 4.28. The Balaban J connectivity index is 2.31. The van der Waals surface area contributed by atoms with Crippen molar-refractivity contribution in [2.45, 2.75) is 20.5 Å². The van der Waals surface area contributed by atoms with E-state index in [4.69, 9.17) is 9.68 Å². The topological polar surface area (TPSA) is 96.1 Å². The van der Waals surface area contributed by atoms with Gasteiger partial charge >= 0.3 is 0 Å². The number of carbonyl (C=O) groups is 1. The first-order valence-corrected chi connectivity index (χ1v) is 8.61. The molecule has 7 heteroatoms. The van der Waals surface area contributed by atoms with E-state index in [-0.39, 0.29) is 18.2 Å². The van der Waals surface area contributed by atoms with Gasteiger partial charge in [-0.1, -0.05) is 46.7 Å². The summed E-state index contributed by atoms with van der Waals surface area (Å²) in [5, 5.41) is 19.8. The Morgan fingerprint density at radius 3 is 2.54 bits per heavy atom. The van der Waals surface area contributed by atoms with Crippen molar-refractivity contribution >= 4 is 17.3 Å². The highest BCUT2D eigenvalue weighted by atomic mass is 16.6. The number of nitrogens with one attached hydrogen (secondary N) is 1. The number of rotatable bonds is 7. The summed E-state index contributed by atoms with van der Waals surface area (Å²) in [7, 11) is 2.91. The average Bonchev–Trinajstić information content (AvgIpc) is 2.72. The molecule has 1 amide bonds. The molecule has 0 aliphatic carbocycles. The van der Waals surface area contributed by atoms with Gasteiger partial charge < -0.3 is 15.0 Å². The zero-order chi connectivity index (χ0) is 20.5. The van der Waals surface area contributed by atoms with Crippen LogP contribution in [0.5, 0.6) is 0 Å². The van der Waals surface area contributed by atoms with Crippen molar-refractivity contribution in [1.82, 2.24) is 5.32 Å². The van der Waals surface area contributed by atoms with Gasteiger partial charge in [-0.05, 0) is 25.5 Å². The summed E-state index contributed by atoms with van der Waals surface area (Å²) in [6.07, 6.45) is 0. The molecule has 0 fully saturated rings. The van der Waals surface area contributed by atoms with Crippen molar-refractivity contribution in [3.63, 3.8) is 0 Å². The van der Waals surface area contributed by atoms with E-state index >= 15 is 0 Å². The molecule has 0 unspecified atom stereocenters. The Bertz CT molecular complexity index is 958. The number of hydrogen-bond acceptors (Lipinski definition) is 6. The molecule has 0 aliphatic rings. The van der Waals surface area contributed by atoms with E-state index in [1.54, 1.807) is 25.1 Å². The molecular weight excluding hydrogens is 356 g/mol. The van der Waals surface area contributed by atoms with E-state index in [1.165, 1.54) is 14.2 Å². The standard InChI is InChI=1S/C21H22N4O3/c1-14-8-7-11-18(20(25-27-4)21(26)23-3)19(14)13-28-24-15(2)17-10-6-5-9-16(17)12-22/h5-11H,13H2,1-4H3,(H,23,26)/b24-15+,25-20+. The van der Waals surface area contributed by atoms with Crippen molar-refractivity contribution in [3.8, 4) is 6.07 Å². The monoisotopic (exact) mass is 378 g/mol. The predicted molar refractivity (Wildman–Crippen MR) is 107 cm³/mol. The van der Waals surface area contributed by atoms with Gasteiger partial charge in [-0.3, -0.25) is 4.79 Å². The Morgan fingerprint density at radius 1 is 1.14 bits per heavy atom. The third kappa shape index (κ3) is 4.74. The van der Waals surface area contributed by atoms with Gasteiger partial charge in [0.25, 0.3) is 5.91 Å². The fourth-order valence-electron chi connectivity index (χ4n) is 2.68. The second-order valence-corrected chi connectivity index (χ2v) is 5.91. The molecule has 0 aliphatic heterocycles. The molecule has 2 aromatic carbocycles. The summed E-state index contributed by atoms with van der Waals surface area (Å²) in [6.45, 7) is 3.82. The van der Waals surface area contributed by atoms with Crippen LogP contribution >= 0.6 is 0 Å². The lowest BCUT2D eigenvalue weighted by molar-refractivity contribution is -0.114. The van der Waals surface area contributed by atoms with Gasteiger partial charge in [0.15, 0.2) is 5.71 Å². The van der Waals surface area contributed by atoms with Gasteiger partial charge in [0.2, 0.25) is 0 Å². The first kappa shape index (κ1) is 20.6. The zero-order valence-electron chi connectivity index (χ0n) is 16.3. The van der Waals surface area contributed by atoms with E-state index in [1.807, 2.05) is 31.2 Å². The first-order valence-electron chi connectivity index (χ1n) is 8.61. The fraction of sp³-hybridized carbons (Fsp3) is 0.238. The Kier molecular flexibility index (Phi) is 7.28. The smallest absolute Gasteiger partial charge is 0.273 e. The molecule has 0 saturated carbocycles. The maximum atomic E-state index is 12.2. The Labute approximate surface area is 164 Å². The Morgan fingerprint density at radius 2 is 1.86 bits per heavy atom. The quantitative estimate of drug-likeness (QED) is 0.592. The molecule has 2 rings (SSSR count). The van der Waals surface area contributed by atoms with Gasteiger partial charge in [-0.2, -0.15) is 5.26 Å². The molecule has 0 radical (unpaired) electrons. The van der Waals surface area contributed by atoms with Crippen molar-refractivity contribution in [1.29, 1.82) is 5.26 Å². The lowest BCUT2D eigenvalue weighted by Crippen LogP contribution is -2.29. The van der Waals surface area contributed by atoms with Crippen molar-refractivity contribution in [2.24, 2.45) is 10.3 Å². The molecule has 0 bridgehead atoms. The molecular formula is C21H22N4O3. The van der Waals surface area contributed by atoms with Crippen LogP contribution in [0.3, 0.4) is 0 Å². The van der Waals surface area contributed by atoms with Crippen LogP contribution < -0.4 is 5.32 Å². The van der Waals surface area contributed by atoms with Gasteiger partial charge in [-0.25, -0.2) is 0 Å². The number of benzene rings is 2. The Hall–Kier alpha value is -3.66. The zero-order valence-corrected chi connectivity index (χ0v) is 16.3. The van der Waals surface area contributed by atoms with Crippen LogP contribution in [-0.2, 0) is 21.1 Å². The summed E-state index contributed by atoms with van der Waals surface area (Å²) in [6, 6.07) is 14.8. The largest absolute Gasteiger partial charge is 0.398 e. The van der Waals surface area contributed by atoms with Crippen LogP contribution in [0.15, 0.2) is 52.8 Å². The van der Waals surface area contributed by atoms with E-state index in [9.17, 15) is 10.1 Å². The molecule has 144 valence electrons. The minimum atomic E-state index is -0.365. The maximum Gasteiger partial charge on any atom is 0.273 e. The molecule has 28 heavy (non-hydrogen) atoms. The van der Waals surface area contributed by atoms with Crippen LogP contribution in [0.25, 0.3) is 0 Å². The number of likely N-dealkylation sites (N-methyl/N-ethyl adjacent to an activating group) is 1. The van der Waals surface area contributed by atoms with E-state index in [0.717, 1.165) is 11.1 Å². The van der Waals surface area contributed by atoms with E-state index in [2.05, 4.69) is 21.7 Å². The molecule has 1 N–H and O–H groups in total. The summed E-state index contributed by atoms with van der Waals surface area (Å²) < 4.78 is 0. The highest BCUT2D eigenvalue weighted by Crippen LogP contribution is 2.18. The molecule has 0 atom stereocenters. The first-order chi connectivity index (χ1) is 13.5. The molecule has 0 heterocycles. The number of amides is 1. The lowest BCUT2D eigenvalue weighted by atomic mass is 9.98. The lowest BCUT2D eigenvalue weighted by Gasteiger charge is -2.13. The maximum absolute atomic E-state index is 12.2. The average molecular weight is 378 g/mol. The summed E-state index contributed by atoms with van der Waals surface area (Å²) >= 11 is 0. The molecule has 0 aromatic heterocycles. The SMILES string of the molecule is CNC(=O)/C(=N/OC)c1cccc(C)c1CO/N=C(\C)c1ccccc1C#N.